The highest BCUT2D eigenvalue weighted by Crippen LogP contribution is 2.18. The van der Waals surface area contributed by atoms with Gasteiger partial charge in [-0.25, -0.2) is 8.78 Å². The highest BCUT2D eigenvalue weighted by Gasteiger charge is 2.23. The van der Waals surface area contributed by atoms with Crippen molar-refractivity contribution < 1.29 is 13.5 Å². The highest BCUT2D eigenvalue weighted by atomic mass is 127. The lowest BCUT2D eigenvalue weighted by Gasteiger charge is -2.34. The van der Waals surface area contributed by atoms with Crippen molar-refractivity contribution in [1.82, 2.24) is 10.2 Å². The van der Waals surface area contributed by atoms with Gasteiger partial charge < -0.3 is 15.0 Å². The van der Waals surface area contributed by atoms with E-state index in [1.54, 1.807) is 7.05 Å². The van der Waals surface area contributed by atoms with E-state index in [9.17, 15) is 8.78 Å². The number of hydrogen-bond donors (Lipinski definition) is 1. The zero-order valence-corrected chi connectivity index (χ0v) is 14.9. The zero-order valence-electron chi connectivity index (χ0n) is 12.5. The Bertz CT molecular complexity index is 451. The summed E-state index contributed by atoms with van der Waals surface area (Å²) in [5, 5.41) is 2.69. The van der Waals surface area contributed by atoms with Gasteiger partial charge >= 0.3 is 0 Å². The summed E-state index contributed by atoms with van der Waals surface area (Å²) in [4.78, 5) is 6.04. The maximum absolute atomic E-state index is 12.2. The summed E-state index contributed by atoms with van der Waals surface area (Å²) < 4.78 is 30.4. The van der Waals surface area contributed by atoms with E-state index in [0.29, 0.717) is 5.96 Å². The van der Waals surface area contributed by atoms with E-state index in [4.69, 9.17) is 4.74 Å². The number of likely N-dealkylation sites (tertiary alicyclic amines) is 1. The normalized spacial score (nSPS) is 16.4. The van der Waals surface area contributed by atoms with E-state index in [2.05, 4.69) is 10.3 Å². The number of nitrogens with zero attached hydrogens (tertiary/aromatic N) is 2. The van der Waals surface area contributed by atoms with Crippen LogP contribution in [-0.2, 0) is 0 Å². The predicted molar refractivity (Wildman–Crippen MR) is 94.4 cm³/mol. The maximum Gasteiger partial charge on any atom is 0.255 e. The molecule has 1 aliphatic heterocycles. The van der Waals surface area contributed by atoms with E-state index < -0.39 is 6.43 Å². The van der Waals surface area contributed by atoms with Gasteiger partial charge in [-0.3, -0.25) is 4.99 Å². The molecule has 0 spiro atoms. The second kappa shape index (κ2) is 9.81. The first-order valence-corrected chi connectivity index (χ1v) is 7.14. The summed E-state index contributed by atoms with van der Waals surface area (Å²) in [6, 6.07) is 9.72. The second-order valence-corrected chi connectivity index (χ2v) is 4.94. The number of rotatable bonds is 4. The quantitative estimate of drug-likeness (QED) is 0.458. The van der Waals surface area contributed by atoms with E-state index in [-0.39, 0.29) is 36.6 Å². The number of ether oxygens (including phenoxy) is 1. The number of hydrogen-bond acceptors (Lipinski definition) is 2. The van der Waals surface area contributed by atoms with E-state index in [1.165, 1.54) is 0 Å². The van der Waals surface area contributed by atoms with Gasteiger partial charge in [0.25, 0.3) is 6.43 Å². The molecular formula is C15H22F2IN3O. The number of guanidine groups is 1. The van der Waals surface area contributed by atoms with Crippen LogP contribution in [0.1, 0.15) is 12.8 Å². The van der Waals surface area contributed by atoms with Crippen LogP contribution >= 0.6 is 24.0 Å². The number of para-hydroxylation sites is 1. The average Bonchev–Trinajstić information content (AvgIpc) is 2.50. The summed E-state index contributed by atoms with van der Waals surface area (Å²) in [5.74, 6) is 1.41. The second-order valence-electron chi connectivity index (χ2n) is 4.94. The smallest absolute Gasteiger partial charge is 0.255 e. The van der Waals surface area contributed by atoms with E-state index in [0.717, 1.165) is 31.7 Å². The summed E-state index contributed by atoms with van der Waals surface area (Å²) in [6.45, 7) is 1.13. The molecule has 22 heavy (non-hydrogen) atoms. The SMILES string of the molecule is CN=C(NCC(F)F)N1CCC(Oc2ccccc2)CC1.I. The fourth-order valence-electron chi connectivity index (χ4n) is 2.38. The van der Waals surface area contributed by atoms with Crippen molar-refractivity contribution in [1.29, 1.82) is 0 Å². The van der Waals surface area contributed by atoms with Crippen molar-refractivity contribution in [3.63, 3.8) is 0 Å². The molecule has 0 atom stereocenters. The van der Waals surface area contributed by atoms with Gasteiger partial charge in [0.2, 0.25) is 0 Å². The Hall–Kier alpha value is -1.12. The maximum atomic E-state index is 12.2. The topological polar surface area (TPSA) is 36.9 Å². The van der Waals surface area contributed by atoms with Gasteiger partial charge in [-0.05, 0) is 12.1 Å². The van der Waals surface area contributed by atoms with Crippen LogP contribution in [0, 0.1) is 0 Å². The molecule has 7 heteroatoms. The Morgan fingerprint density at radius 3 is 2.50 bits per heavy atom. The Balaban J connectivity index is 0.00000242. The fourth-order valence-corrected chi connectivity index (χ4v) is 2.38. The minimum Gasteiger partial charge on any atom is -0.490 e. The van der Waals surface area contributed by atoms with Crippen molar-refractivity contribution in [2.75, 3.05) is 26.7 Å². The number of aliphatic imine (C=N–C) groups is 1. The van der Waals surface area contributed by atoms with Crippen LogP contribution in [0.4, 0.5) is 8.78 Å². The van der Waals surface area contributed by atoms with Crippen LogP contribution in [0.2, 0.25) is 0 Å². The lowest BCUT2D eigenvalue weighted by molar-refractivity contribution is 0.126. The molecule has 4 nitrogen and oxygen atoms in total. The molecule has 0 unspecified atom stereocenters. The molecular weight excluding hydrogens is 403 g/mol. The van der Waals surface area contributed by atoms with E-state index in [1.807, 2.05) is 35.2 Å². The molecule has 0 radical (unpaired) electrons. The van der Waals surface area contributed by atoms with Gasteiger partial charge in [0.1, 0.15) is 11.9 Å². The monoisotopic (exact) mass is 425 g/mol. The minimum absolute atomic E-state index is 0. The third-order valence-corrected chi connectivity index (χ3v) is 3.41. The zero-order chi connectivity index (χ0) is 15.1. The molecule has 1 N–H and O–H groups in total. The van der Waals surface area contributed by atoms with Crippen molar-refractivity contribution in [2.24, 2.45) is 4.99 Å². The molecule has 1 saturated heterocycles. The van der Waals surface area contributed by atoms with E-state index >= 15 is 0 Å². The van der Waals surface area contributed by atoms with Crippen LogP contribution in [0.5, 0.6) is 5.75 Å². The molecule has 1 aliphatic rings. The third-order valence-electron chi connectivity index (χ3n) is 3.41. The molecule has 1 aromatic carbocycles. The molecule has 1 fully saturated rings. The first-order valence-electron chi connectivity index (χ1n) is 7.14. The van der Waals surface area contributed by atoms with Crippen LogP contribution < -0.4 is 10.1 Å². The number of nitrogens with one attached hydrogen (secondary N) is 1. The van der Waals surface area contributed by atoms with Crippen LogP contribution in [0.15, 0.2) is 35.3 Å². The van der Waals surface area contributed by atoms with Gasteiger partial charge in [0.05, 0.1) is 6.54 Å². The summed E-state index contributed by atoms with van der Waals surface area (Å²) >= 11 is 0. The lowest BCUT2D eigenvalue weighted by atomic mass is 10.1. The van der Waals surface area contributed by atoms with Crippen molar-refractivity contribution >= 4 is 29.9 Å². The van der Waals surface area contributed by atoms with Gasteiger partial charge in [-0.1, -0.05) is 18.2 Å². The van der Waals surface area contributed by atoms with Crippen molar-refractivity contribution in [3.05, 3.63) is 30.3 Å². The molecule has 1 heterocycles. The van der Waals surface area contributed by atoms with Gasteiger partial charge in [0, 0.05) is 33.0 Å². The first kappa shape index (κ1) is 18.9. The molecule has 0 saturated carbocycles. The number of halogens is 3. The van der Waals surface area contributed by atoms with Gasteiger partial charge in [0.15, 0.2) is 5.96 Å². The molecule has 124 valence electrons. The Morgan fingerprint density at radius 2 is 1.95 bits per heavy atom. The van der Waals surface area contributed by atoms with Crippen LogP contribution in [0.25, 0.3) is 0 Å². The van der Waals surface area contributed by atoms with Crippen molar-refractivity contribution in [2.45, 2.75) is 25.4 Å². The minimum atomic E-state index is -2.37. The van der Waals surface area contributed by atoms with Gasteiger partial charge in [-0.15, -0.1) is 24.0 Å². The Kier molecular flexibility index (Phi) is 8.44. The molecule has 2 rings (SSSR count). The first-order chi connectivity index (χ1) is 10.2. The molecule has 1 aromatic rings. The van der Waals surface area contributed by atoms with Crippen LogP contribution in [0.3, 0.4) is 0 Å². The van der Waals surface area contributed by atoms with Gasteiger partial charge in [-0.2, -0.15) is 0 Å². The Morgan fingerprint density at radius 1 is 1.32 bits per heavy atom. The summed E-state index contributed by atoms with van der Waals surface area (Å²) in [7, 11) is 1.61. The largest absolute Gasteiger partial charge is 0.490 e. The van der Waals surface area contributed by atoms with Crippen LogP contribution in [-0.4, -0.2) is 50.1 Å². The standard InChI is InChI=1S/C15H21F2N3O.HI/c1-18-15(19-11-14(16)17)20-9-7-13(8-10-20)21-12-5-3-2-4-6-12;/h2-6,13-14H,7-11H2,1H3,(H,18,19);1H. The summed E-state index contributed by atoms with van der Waals surface area (Å²) in [6.07, 6.45) is -0.508. The summed E-state index contributed by atoms with van der Waals surface area (Å²) in [5.41, 5.74) is 0. The highest BCUT2D eigenvalue weighted by molar-refractivity contribution is 14.0. The number of piperidine rings is 1. The number of benzene rings is 1. The molecule has 0 aromatic heterocycles. The predicted octanol–water partition coefficient (Wildman–Crippen LogP) is 2.99. The average molecular weight is 425 g/mol. The Labute approximate surface area is 147 Å². The van der Waals surface area contributed by atoms with Crippen molar-refractivity contribution in [3.8, 4) is 5.75 Å². The third kappa shape index (κ3) is 5.94. The molecule has 0 aliphatic carbocycles. The fraction of sp³-hybridized carbons (Fsp3) is 0.533. The number of alkyl halides is 2. The molecule has 0 amide bonds. The molecule has 0 bridgehead atoms. The lowest BCUT2D eigenvalue weighted by Crippen LogP contribution is -2.48.